The lowest BCUT2D eigenvalue weighted by Crippen LogP contribution is -2.33. The van der Waals surface area contributed by atoms with Gasteiger partial charge in [-0.15, -0.1) is 0 Å². The Hall–Kier alpha value is -0.230. The predicted octanol–water partition coefficient (Wildman–Crippen LogP) is 2.38. The van der Waals surface area contributed by atoms with Gasteiger partial charge in [-0.2, -0.15) is 17.2 Å². The number of halogens is 2. The molecule has 0 amide bonds. The lowest BCUT2D eigenvalue weighted by atomic mass is 9.86. The summed E-state index contributed by atoms with van der Waals surface area (Å²) in [6, 6.07) is 0. The molecule has 0 aliphatic heterocycles. The van der Waals surface area contributed by atoms with Crippen molar-refractivity contribution in [3.63, 3.8) is 0 Å². The normalized spacial score (nSPS) is 34.6. The minimum absolute atomic E-state index is 0.154. The number of hydrogen-bond acceptors (Lipinski definition) is 3. The molecule has 0 radical (unpaired) electrons. The summed E-state index contributed by atoms with van der Waals surface area (Å²) >= 11 is 0. The van der Waals surface area contributed by atoms with E-state index >= 15 is 0 Å². The molecule has 3 nitrogen and oxygen atoms in total. The maximum absolute atomic E-state index is 13.5. The largest absolute Gasteiger partial charge is 0.370 e. The van der Waals surface area contributed by atoms with E-state index in [-0.39, 0.29) is 5.92 Å². The van der Waals surface area contributed by atoms with E-state index in [2.05, 4.69) is 4.18 Å². The van der Waals surface area contributed by atoms with Gasteiger partial charge >= 0.3 is 15.4 Å². The van der Waals surface area contributed by atoms with Gasteiger partial charge < -0.3 is 0 Å². The van der Waals surface area contributed by atoms with Gasteiger partial charge in [0, 0.05) is 6.42 Å². The summed E-state index contributed by atoms with van der Waals surface area (Å²) in [5, 5.41) is -3.74. The summed E-state index contributed by atoms with van der Waals surface area (Å²) in [6.45, 7) is 0. The van der Waals surface area contributed by atoms with Gasteiger partial charge in [0.05, 0.1) is 7.11 Å². The fourth-order valence-electron chi connectivity index (χ4n) is 3.16. The summed E-state index contributed by atoms with van der Waals surface area (Å²) < 4.78 is 52.9. The lowest BCUT2D eigenvalue weighted by molar-refractivity contribution is 0.0398. The van der Waals surface area contributed by atoms with Crippen molar-refractivity contribution in [2.45, 2.75) is 37.4 Å². The summed E-state index contributed by atoms with van der Waals surface area (Å²) in [5.74, 6) is 0.678. The Labute approximate surface area is 94.3 Å². The number of fused-ring (bicyclic) bond motifs is 2. The van der Waals surface area contributed by atoms with Crippen LogP contribution in [-0.4, -0.2) is 20.8 Å². The topological polar surface area (TPSA) is 43.4 Å². The van der Waals surface area contributed by atoms with E-state index in [0.717, 1.165) is 32.8 Å². The van der Waals surface area contributed by atoms with Gasteiger partial charge in [0.1, 0.15) is 0 Å². The van der Waals surface area contributed by atoms with Crippen molar-refractivity contribution in [3.05, 3.63) is 0 Å². The Morgan fingerprint density at radius 2 is 2.00 bits per heavy atom. The first-order valence-electron chi connectivity index (χ1n) is 5.53. The lowest BCUT2D eigenvalue weighted by Gasteiger charge is -2.25. The monoisotopic (exact) mass is 254 g/mol. The zero-order valence-electron chi connectivity index (χ0n) is 9.16. The van der Waals surface area contributed by atoms with Gasteiger partial charge in [-0.1, -0.05) is 6.42 Å². The first-order valence-corrected chi connectivity index (χ1v) is 6.94. The summed E-state index contributed by atoms with van der Waals surface area (Å²) in [6.07, 6.45) is 3.25. The second-order valence-electron chi connectivity index (χ2n) is 4.90. The molecule has 2 rings (SSSR count). The van der Waals surface area contributed by atoms with Crippen molar-refractivity contribution in [1.29, 1.82) is 0 Å². The molecule has 0 aromatic rings. The van der Waals surface area contributed by atoms with Gasteiger partial charge in [-0.3, -0.25) is 4.18 Å². The van der Waals surface area contributed by atoms with Crippen LogP contribution in [0.2, 0.25) is 0 Å². The molecule has 2 aliphatic carbocycles. The van der Waals surface area contributed by atoms with Crippen LogP contribution >= 0.6 is 0 Å². The highest BCUT2D eigenvalue weighted by molar-refractivity contribution is 7.87. The third-order valence-corrected chi connectivity index (χ3v) is 5.31. The van der Waals surface area contributed by atoms with E-state index in [1.165, 1.54) is 0 Å². The zero-order chi connectivity index (χ0) is 12.0. The molecule has 0 aromatic heterocycles. The second kappa shape index (κ2) is 3.91. The highest BCUT2D eigenvalue weighted by atomic mass is 32.2. The predicted molar refractivity (Wildman–Crippen MR) is 54.4 cm³/mol. The van der Waals surface area contributed by atoms with Crippen LogP contribution in [0.25, 0.3) is 0 Å². The highest BCUT2D eigenvalue weighted by Gasteiger charge is 2.51. The first-order chi connectivity index (χ1) is 7.36. The van der Waals surface area contributed by atoms with Gasteiger partial charge in [0.2, 0.25) is 0 Å². The number of alkyl halides is 2. The van der Waals surface area contributed by atoms with Crippen LogP contribution in [0.5, 0.6) is 0 Å². The summed E-state index contributed by atoms with van der Waals surface area (Å²) in [5.41, 5.74) is 0. The SMILES string of the molecule is COS(=O)(=O)C(F)(F)CC1CC2CCC1C2. The van der Waals surface area contributed by atoms with Crippen molar-refractivity contribution in [2.75, 3.05) is 7.11 Å². The molecule has 16 heavy (non-hydrogen) atoms. The molecule has 2 saturated carbocycles. The average molecular weight is 254 g/mol. The first kappa shape index (κ1) is 12.2. The fourth-order valence-corrected chi connectivity index (χ4v) is 3.82. The fraction of sp³-hybridized carbons (Fsp3) is 1.00. The molecular weight excluding hydrogens is 238 g/mol. The quantitative estimate of drug-likeness (QED) is 0.723. The van der Waals surface area contributed by atoms with Gasteiger partial charge in [0.15, 0.2) is 0 Å². The number of rotatable bonds is 4. The smallest absolute Gasteiger partial charge is 0.269 e. The Balaban J connectivity index is 2.04. The number of hydrogen-bond donors (Lipinski definition) is 0. The van der Waals surface area contributed by atoms with Crippen LogP contribution in [0.15, 0.2) is 0 Å². The molecular formula is C10H16F2O3S. The Morgan fingerprint density at radius 1 is 1.31 bits per heavy atom. The molecule has 0 N–H and O–H groups in total. The van der Waals surface area contributed by atoms with E-state index < -0.39 is 21.8 Å². The standard InChI is InChI=1S/C10H16F2O3S/c1-15-16(13,14)10(11,12)6-9-5-7-2-3-8(9)4-7/h7-9H,2-6H2,1H3. The van der Waals surface area contributed by atoms with Crippen LogP contribution in [0.3, 0.4) is 0 Å². The zero-order valence-corrected chi connectivity index (χ0v) is 9.97. The maximum atomic E-state index is 13.5. The Morgan fingerprint density at radius 3 is 2.44 bits per heavy atom. The van der Waals surface area contributed by atoms with Gasteiger partial charge in [-0.05, 0) is 37.0 Å². The van der Waals surface area contributed by atoms with E-state index in [1.807, 2.05) is 0 Å². The molecule has 0 saturated heterocycles. The minimum Gasteiger partial charge on any atom is -0.269 e. The van der Waals surface area contributed by atoms with Crippen LogP contribution in [0, 0.1) is 17.8 Å². The molecule has 3 unspecified atom stereocenters. The van der Waals surface area contributed by atoms with E-state index in [9.17, 15) is 17.2 Å². The summed E-state index contributed by atoms with van der Waals surface area (Å²) in [4.78, 5) is 0. The second-order valence-corrected chi connectivity index (χ2v) is 6.74. The van der Waals surface area contributed by atoms with Crippen LogP contribution < -0.4 is 0 Å². The molecule has 0 spiro atoms. The van der Waals surface area contributed by atoms with E-state index in [1.54, 1.807) is 0 Å². The third-order valence-electron chi connectivity index (χ3n) is 3.97. The maximum Gasteiger partial charge on any atom is 0.370 e. The molecule has 2 bridgehead atoms. The van der Waals surface area contributed by atoms with Crippen molar-refractivity contribution in [1.82, 2.24) is 0 Å². The molecule has 6 heteroatoms. The van der Waals surface area contributed by atoms with E-state index in [0.29, 0.717) is 11.8 Å². The van der Waals surface area contributed by atoms with Crippen LogP contribution in [-0.2, 0) is 14.3 Å². The van der Waals surface area contributed by atoms with Crippen molar-refractivity contribution >= 4 is 10.1 Å². The third kappa shape index (κ3) is 1.97. The average Bonchev–Trinajstić information content (AvgIpc) is 2.78. The molecule has 0 aromatic carbocycles. The summed E-state index contributed by atoms with van der Waals surface area (Å²) in [7, 11) is -3.95. The van der Waals surface area contributed by atoms with E-state index in [4.69, 9.17) is 0 Å². The molecule has 0 heterocycles. The van der Waals surface area contributed by atoms with Gasteiger partial charge in [-0.25, -0.2) is 0 Å². The van der Waals surface area contributed by atoms with Crippen molar-refractivity contribution in [3.8, 4) is 0 Å². The Bertz CT molecular complexity index is 366. The molecule has 94 valence electrons. The van der Waals surface area contributed by atoms with Crippen LogP contribution in [0.4, 0.5) is 8.78 Å². The molecule has 2 fully saturated rings. The van der Waals surface area contributed by atoms with Crippen LogP contribution in [0.1, 0.15) is 32.1 Å². The molecule has 3 atom stereocenters. The van der Waals surface area contributed by atoms with Gasteiger partial charge in [0.25, 0.3) is 0 Å². The van der Waals surface area contributed by atoms with Crippen molar-refractivity contribution in [2.24, 2.45) is 17.8 Å². The minimum atomic E-state index is -4.74. The molecule has 2 aliphatic rings. The Kier molecular flexibility index (Phi) is 2.99. The highest BCUT2D eigenvalue weighted by Crippen LogP contribution is 2.52. The van der Waals surface area contributed by atoms with Crippen molar-refractivity contribution < 1.29 is 21.4 Å².